The lowest BCUT2D eigenvalue weighted by atomic mass is 9.92. The summed E-state index contributed by atoms with van der Waals surface area (Å²) in [6.45, 7) is 11.5. The molecule has 0 saturated carbocycles. The van der Waals surface area contributed by atoms with Gasteiger partial charge in [0.1, 0.15) is 5.69 Å². The number of benzene rings is 4. The van der Waals surface area contributed by atoms with Crippen molar-refractivity contribution in [1.29, 1.82) is 0 Å². The van der Waals surface area contributed by atoms with Crippen LogP contribution in [0.5, 0.6) is 0 Å². The van der Waals surface area contributed by atoms with Gasteiger partial charge in [-0.2, -0.15) is 4.57 Å². The lowest BCUT2D eigenvalue weighted by molar-refractivity contribution is -0.634. The topological polar surface area (TPSA) is 8.81 Å². The van der Waals surface area contributed by atoms with Crippen LogP contribution in [-0.4, -0.2) is 4.57 Å². The van der Waals surface area contributed by atoms with Crippen LogP contribution in [0.25, 0.3) is 39.2 Å². The van der Waals surface area contributed by atoms with Gasteiger partial charge in [0.15, 0.2) is 11.0 Å². The second-order valence-corrected chi connectivity index (χ2v) is 10.9. The Bertz CT molecular complexity index is 1610. The van der Waals surface area contributed by atoms with Crippen molar-refractivity contribution in [2.45, 2.75) is 60.3 Å². The minimum absolute atomic E-state index is 0. The fourth-order valence-electron chi connectivity index (χ4n) is 6.23. The van der Waals surface area contributed by atoms with Gasteiger partial charge >= 0.3 is 0 Å². The zero-order valence-electron chi connectivity index (χ0n) is 22.3. The van der Waals surface area contributed by atoms with E-state index in [1.807, 2.05) is 0 Å². The first-order chi connectivity index (χ1) is 17.4. The second-order valence-electron chi connectivity index (χ2n) is 10.9. The van der Waals surface area contributed by atoms with Crippen molar-refractivity contribution in [3.05, 3.63) is 107 Å². The van der Waals surface area contributed by atoms with Crippen LogP contribution in [0.2, 0.25) is 0 Å². The second kappa shape index (κ2) is 9.34. The molecule has 6 rings (SSSR count). The van der Waals surface area contributed by atoms with Gasteiger partial charge in [0.25, 0.3) is 5.82 Å². The Kier molecular flexibility index (Phi) is 6.31. The van der Waals surface area contributed by atoms with Crippen molar-refractivity contribution >= 4 is 11.0 Å². The summed E-state index contributed by atoms with van der Waals surface area (Å²) in [5.74, 6) is 2.09. The molecule has 0 bridgehead atoms. The molecule has 1 aliphatic rings. The molecule has 0 radical (unpaired) electrons. The number of fused-ring (bicyclic) bond motifs is 5. The van der Waals surface area contributed by atoms with Crippen LogP contribution >= 0.6 is 0 Å². The van der Waals surface area contributed by atoms with Crippen molar-refractivity contribution in [1.82, 2.24) is 4.57 Å². The minimum Gasteiger partial charge on any atom is -0.225 e. The highest BCUT2D eigenvalue weighted by Gasteiger charge is 2.34. The molecule has 1 heterocycles. The smallest absolute Gasteiger partial charge is 0.225 e. The van der Waals surface area contributed by atoms with Crippen LogP contribution < -0.4 is 4.57 Å². The van der Waals surface area contributed by atoms with Gasteiger partial charge in [0.2, 0.25) is 0 Å². The third-order valence-corrected chi connectivity index (χ3v) is 7.99. The molecular formula is C35H39N2+. The molecule has 0 atom stereocenters. The number of hydrogen-bond acceptors (Lipinski definition) is 0. The largest absolute Gasteiger partial charge is 0.295 e. The summed E-state index contributed by atoms with van der Waals surface area (Å²) < 4.78 is 5.04. The van der Waals surface area contributed by atoms with Crippen LogP contribution in [0.15, 0.2) is 78.9 Å². The molecule has 37 heavy (non-hydrogen) atoms. The van der Waals surface area contributed by atoms with Crippen LogP contribution in [0.3, 0.4) is 0 Å². The summed E-state index contributed by atoms with van der Waals surface area (Å²) in [5.41, 5.74) is 15.0. The lowest BCUT2D eigenvalue weighted by Gasteiger charge is -2.18. The Morgan fingerprint density at radius 2 is 1.32 bits per heavy atom. The van der Waals surface area contributed by atoms with E-state index in [0.717, 1.165) is 6.42 Å². The van der Waals surface area contributed by atoms with E-state index in [-0.39, 0.29) is 7.43 Å². The number of hydrogen-bond donors (Lipinski definition) is 0. The SMILES string of the molecule is C.Cc1ccccc1-c1n(-c2c(C(C)C)cccc2C(C)C)c2ccc3c(c2[n+]1C)Cc1ccccc1-3. The third kappa shape index (κ3) is 3.73. The van der Waals surface area contributed by atoms with Gasteiger partial charge in [0.05, 0.1) is 12.6 Å². The normalized spacial score (nSPS) is 12.2. The number of aromatic nitrogens is 2. The van der Waals surface area contributed by atoms with Crippen molar-refractivity contribution in [2.75, 3.05) is 0 Å². The highest BCUT2D eigenvalue weighted by molar-refractivity contribution is 5.92. The number of nitrogens with zero attached hydrogens (tertiary/aromatic N) is 2. The molecule has 0 amide bonds. The van der Waals surface area contributed by atoms with Crippen molar-refractivity contribution in [3.8, 4) is 28.2 Å². The monoisotopic (exact) mass is 487 g/mol. The van der Waals surface area contributed by atoms with Gasteiger partial charge in [-0.1, -0.05) is 95.8 Å². The van der Waals surface area contributed by atoms with Gasteiger partial charge in [0, 0.05) is 23.1 Å². The number of imidazole rings is 1. The van der Waals surface area contributed by atoms with Crippen LogP contribution in [-0.2, 0) is 13.5 Å². The summed E-state index contributed by atoms with van der Waals surface area (Å²) in [7, 11) is 2.26. The molecule has 1 aliphatic carbocycles. The Hall–Kier alpha value is -3.65. The average Bonchev–Trinajstić information content (AvgIpc) is 3.38. The zero-order chi connectivity index (χ0) is 25.1. The maximum absolute atomic E-state index is 2.58. The molecule has 188 valence electrons. The van der Waals surface area contributed by atoms with E-state index in [4.69, 9.17) is 0 Å². The fourth-order valence-corrected chi connectivity index (χ4v) is 6.23. The third-order valence-electron chi connectivity index (χ3n) is 7.99. The Morgan fingerprint density at radius 1 is 0.703 bits per heavy atom. The highest BCUT2D eigenvalue weighted by atomic mass is 15.2. The highest BCUT2D eigenvalue weighted by Crippen LogP contribution is 2.43. The molecule has 0 aliphatic heterocycles. The van der Waals surface area contributed by atoms with E-state index in [2.05, 4.69) is 130 Å². The van der Waals surface area contributed by atoms with Crippen molar-refractivity contribution in [2.24, 2.45) is 7.05 Å². The first-order valence-corrected chi connectivity index (χ1v) is 13.2. The molecule has 0 spiro atoms. The molecule has 0 N–H and O–H groups in total. The van der Waals surface area contributed by atoms with Gasteiger partial charge in [-0.05, 0) is 59.2 Å². The van der Waals surface area contributed by atoms with E-state index in [9.17, 15) is 0 Å². The van der Waals surface area contributed by atoms with Crippen molar-refractivity contribution in [3.63, 3.8) is 0 Å². The van der Waals surface area contributed by atoms with Crippen molar-refractivity contribution < 1.29 is 4.57 Å². The predicted molar refractivity (Wildman–Crippen MR) is 158 cm³/mol. The zero-order valence-corrected chi connectivity index (χ0v) is 22.3. The fraction of sp³-hybridized carbons (Fsp3) is 0.286. The number of rotatable bonds is 4. The van der Waals surface area contributed by atoms with Gasteiger partial charge in [-0.3, -0.25) is 0 Å². The summed E-state index contributed by atoms with van der Waals surface area (Å²) in [6.07, 6.45) is 0.983. The summed E-state index contributed by atoms with van der Waals surface area (Å²) in [5, 5.41) is 0. The quantitative estimate of drug-likeness (QED) is 0.220. The average molecular weight is 488 g/mol. The minimum atomic E-state index is 0. The van der Waals surface area contributed by atoms with E-state index in [1.54, 1.807) is 0 Å². The van der Waals surface area contributed by atoms with Gasteiger partial charge < -0.3 is 0 Å². The molecular weight excluding hydrogens is 448 g/mol. The summed E-state index contributed by atoms with van der Waals surface area (Å²) >= 11 is 0. The summed E-state index contributed by atoms with van der Waals surface area (Å²) in [4.78, 5) is 0. The molecule has 0 fully saturated rings. The maximum Gasteiger partial charge on any atom is 0.295 e. The predicted octanol–water partition coefficient (Wildman–Crippen LogP) is 8.88. The van der Waals surface area contributed by atoms with Crippen LogP contribution in [0.4, 0.5) is 0 Å². The van der Waals surface area contributed by atoms with Crippen LogP contribution in [0.1, 0.15) is 74.8 Å². The molecule has 0 saturated heterocycles. The Morgan fingerprint density at radius 3 is 1.97 bits per heavy atom. The van der Waals surface area contributed by atoms with Gasteiger partial charge in [-0.25, -0.2) is 4.57 Å². The molecule has 4 aromatic carbocycles. The van der Waals surface area contributed by atoms with E-state index in [1.165, 1.54) is 67.1 Å². The number of aryl methyl sites for hydroxylation is 2. The molecule has 2 heteroatoms. The molecule has 5 aromatic rings. The lowest BCUT2D eigenvalue weighted by Crippen LogP contribution is -2.31. The molecule has 1 aromatic heterocycles. The summed E-state index contributed by atoms with van der Waals surface area (Å²) in [6, 6.07) is 29.3. The Balaban J connectivity index is 0.00000280. The van der Waals surface area contributed by atoms with E-state index < -0.39 is 0 Å². The standard InChI is InChI=1S/C34H35N2.CH4/c1-21(2)25-16-11-17-26(22(3)4)32(25)36-31-19-18-29-28-15-10-8-13-24(28)20-30(29)33(31)35(6)34(36)27-14-9-7-12-23(27)5;/h7-19,21-22H,20H2,1-6H3;1H4/q+1;. The molecule has 2 nitrogen and oxygen atoms in total. The first kappa shape index (κ1) is 25.0. The Labute approximate surface area is 222 Å². The van der Waals surface area contributed by atoms with E-state index in [0.29, 0.717) is 11.8 Å². The number of para-hydroxylation sites is 1. The van der Waals surface area contributed by atoms with Crippen LogP contribution in [0, 0.1) is 6.92 Å². The van der Waals surface area contributed by atoms with E-state index >= 15 is 0 Å². The maximum atomic E-state index is 2.58. The molecule has 0 unspecified atom stereocenters. The van der Waals surface area contributed by atoms with Gasteiger partial charge in [-0.15, -0.1) is 0 Å². The first-order valence-electron chi connectivity index (χ1n) is 13.2.